The Bertz CT molecular complexity index is 1180. The fourth-order valence-electron chi connectivity index (χ4n) is 4.63. The predicted octanol–water partition coefficient (Wildman–Crippen LogP) is 3.24. The van der Waals surface area contributed by atoms with E-state index < -0.39 is 0 Å². The lowest BCUT2D eigenvalue weighted by atomic mass is 10.1. The number of benzene rings is 3. The highest BCUT2D eigenvalue weighted by atomic mass is 16.5. The first-order valence-electron chi connectivity index (χ1n) is 11.6. The van der Waals surface area contributed by atoms with Gasteiger partial charge in [-0.2, -0.15) is 0 Å². The SMILES string of the molecule is O=C(c1c(O)cc(O)cc1OCc1ccccc1)N1Cc2ccc(CN3CCNCC3)cc2C1. The molecule has 2 aliphatic heterocycles. The summed E-state index contributed by atoms with van der Waals surface area (Å²) in [6.07, 6.45) is 0. The number of phenolic OH excluding ortho intramolecular Hbond substituents is 2. The smallest absolute Gasteiger partial charge is 0.262 e. The highest BCUT2D eigenvalue weighted by molar-refractivity contribution is 6.00. The average molecular weight is 460 g/mol. The Kier molecular flexibility index (Phi) is 6.38. The molecule has 7 heteroatoms. The van der Waals surface area contributed by atoms with Crippen LogP contribution in [0, 0.1) is 0 Å². The number of ether oxygens (including phenoxy) is 1. The second-order valence-electron chi connectivity index (χ2n) is 8.90. The molecule has 7 nitrogen and oxygen atoms in total. The fraction of sp³-hybridized carbons (Fsp3) is 0.296. The highest BCUT2D eigenvalue weighted by Gasteiger charge is 2.29. The lowest BCUT2D eigenvalue weighted by Crippen LogP contribution is -2.42. The van der Waals surface area contributed by atoms with E-state index in [0.29, 0.717) is 13.1 Å². The van der Waals surface area contributed by atoms with E-state index in [2.05, 4.69) is 28.4 Å². The van der Waals surface area contributed by atoms with Crippen molar-refractivity contribution in [3.8, 4) is 17.2 Å². The number of nitrogens with one attached hydrogen (secondary N) is 1. The first-order valence-corrected chi connectivity index (χ1v) is 11.6. The molecule has 0 aromatic heterocycles. The fourth-order valence-corrected chi connectivity index (χ4v) is 4.63. The van der Waals surface area contributed by atoms with Crippen LogP contribution in [0.4, 0.5) is 0 Å². The minimum Gasteiger partial charge on any atom is -0.508 e. The molecule has 5 rings (SSSR count). The molecular formula is C27H29N3O4. The number of hydrogen-bond acceptors (Lipinski definition) is 6. The lowest BCUT2D eigenvalue weighted by molar-refractivity contribution is 0.0743. The normalized spacial score (nSPS) is 15.8. The maximum atomic E-state index is 13.5. The standard InChI is InChI=1S/C27H29N3O4/c31-23-13-24(32)26(25(14-23)34-18-19-4-2-1-3-5-19)27(33)30-16-21-7-6-20(12-22(21)17-30)15-29-10-8-28-9-11-29/h1-7,12-14,28,31-32H,8-11,15-18H2. The monoisotopic (exact) mass is 459 g/mol. The molecule has 34 heavy (non-hydrogen) atoms. The second kappa shape index (κ2) is 9.75. The number of rotatable bonds is 6. The van der Waals surface area contributed by atoms with Crippen molar-refractivity contribution in [1.82, 2.24) is 15.1 Å². The minimum atomic E-state index is -0.319. The van der Waals surface area contributed by atoms with Gasteiger partial charge in [0, 0.05) is 57.9 Å². The number of amides is 1. The third-order valence-corrected chi connectivity index (χ3v) is 6.41. The Morgan fingerprint density at radius 3 is 2.47 bits per heavy atom. The molecule has 0 spiro atoms. The number of nitrogens with zero attached hydrogens (tertiary/aromatic N) is 2. The maximum absolute atomic E-state index is 13.5. The number of carbonyl (C=O) groups excluding carboxylic acids is 1. The molecule has 3 aromatic rings. The molecule has 1 amide bonds. The number of aromatic hydroxyl groups is 2. The molecule has 3 aromatic carbocycles. The van der Waals surface area contributed by atoms with Crippen LogP contribution < -0.4 is 10.1 Å². The van der Waals surface area contributed by atoms with Gasteiger partial charge >= 0.3 is 0 Å². The van der Waals surface area contributed by atoms with Gasteiger partial charge in [-0.15, -0.1) is 0 Å². The number of piperazine rings is 1. The Morgan fingerprint density at radius 1 is 0.912 bits per heavy atom. The number of fused-ring (bicyclic) bond motifs is 1. The van der Waals surface area contributed by atoms with Gasteiger partial charge in [-0.3, -0.25) is 9.69 Å². The molecule has 0 saturated carbocycles. The van der Waals surface area contributed by atoms with E-state index in [1.807, 2.05) is 30.3 Å². The Labute approximate surface area is 199 Å². The molecule has 0 aliphatic carbocycles. The summed E-state index contributed by atoms with van der Waals surface area (Å²) < 4.78 is 5.87. The molecular weight excluding hydrogens is 430 g/mol. The van der Waals surface area contributed by atoms with Gasteiger partial charge in [0.05, 0.1) is 0 Å². The van der Waals surface area contributed by atoms with Crippen LogP contribution in [0.3, 0.4) is 0 Å². The molecule has 1 fully saturated rings. The third-order valence-electron chi connectivity index (χ3n) is 6.41. The highest BCUT2D eigenvalue weighted by Crippen LogP contribution is 2.36. The zero-order valence-corrected chi connectivity index (χ0v) is 19.0. The number of hydrogen-bond donors (Lipinski definition) is 3. The van der Waals surface area contributed by atoms with Gasteiger partial charge in [0.15, 0.2) is 0 Å². The zero-order chi connectivity index (χ0) is 23.5. The van der Waals surface area contributed by atoms with E-state index in [0.717, 1.165) is 49.4 Å². The maximum Gasteiger partial charge on any atom is 0.262 e. The molecule has 0 radical (unpaired) electrons. The van der Waals surface area contributed by atoms with E-state index >= 15 is 0 Å². The van der Waals surface area contributed by atoms with Crippen LogP contribution in [0.15, 0.2) is 60.7 Å². The molecule has 2 heterocycles. The van der Waals surface area contributed by atoms with Crippen molar-refractivity contribution < 1.29 is 19.7 Å². The molecule has 176 valence electrons. The molecule has 0 atom stereocenters. The summed E-state index contributed by atoms with van der Waals surface area (Å²) >= 11 is 0. The Balaban J connectivity index is 1.32. The summed E-state index contributed by atoms with van der Waals surface area (Å²) in [5.41, 5.74) is 4.49. The second-order valence-corrected chi connectivity index (χ2v) is 8.90. The summed E-state index contributed by atoms with van der Waals surface area (Å²) in [6, 6.07) is 18.5. The lowest BCUT2D eigenvalue weighted by Gasteiger charge is -2.27. The summed E-state index contributed by atoms with van der Waals surface area (Å²) in [6.45, 7) is 6.17. The summed E-state index contributed by atoms with van der Waals surface area (Å²) in [7, 11) is 0. The molecule has 3 N–H and O–H groups in total. The van der Waals surface area contributed by atoms with Crippen molar-refractivity contribution >= 4 is 5.91 Å². The van der Waals surface area contributed by atoms with E-state index in [9.17, 15) is 15.0 Å². The van der Waals surface area contributed by atoms with Crippen molar-refractivity contribution in [1.29, 1.82) is 0 Å². The van der Waals surface area contributed by atoms with Crippen LogP contribution >= 0.6 is 0 Å². The molecule has 0 bridgehead atoms. The molecule has 1 saturated heterocycles. The van der Waals surface area contributed by atoms with Crippen LogP contribution in [0.5, 0.6) is 17.2 Å². The first kappa shape index (κ1) is 22.3. The van der Waals surface area contributed by atoms with Gasteiger partial charge in [-0.1, -0.05) is 48.5 Å². The minimum absolute atomic E-state index is 0.0718. The van der Waals surface area contributed by atoms with E-state index in [4.69, 9.17) is 4.74 Å². The van der Waals surface area contributed by atoms with Gasteiger partial charge in [-0.05, 0) is 22.3 Å². The van der Waals surface area contributed by atoms with Gasteiger partial charge in [0.2, 0.25) is 0 Å². The van der Waals surface area contributed by atoms with Crippen LogP contribution in [0.1, 0.15) is 32.6 Å². The van der Waals surface area contributed by atoms with Crippen LogP contribution in [0.2, 0.25) is 0 Å². The van der Waals surface area contributed by atoms with Crippen molar-refractivity contribution in [3.05, 3.63) is 88.5 Å². The Hall–Kier alpha value is -3.55. The largest absolute Gasteiger partial charge is 0.508 e. The topological polar surface area (TPSA) is 85.3 Å². The quantitative estimate of drug-likeness (QED) is 0.525. The van der Waals surface area contributed by atoms with Gasteiger partial charge < -0.3 is 25.2 Å². The zero-order valence-electron chi connectivity index (χ0n) is 19.0. The van der Waals surface area contributed by atoms with Crippen LogP contribution in [-0.2, 0) is 26.2 Å². The molecule has 0 unspecified atom stereocenters. The first-order chi connectivity index (χ1) is 16.6. The predicted molar refractivity (Wildman–Crippen MR) is 129 cm³/mol. The van der Waals surface area contributed by atoms with Crippen molar-refractivity contribution in [2.75, 3.05) is 26.2 Å². The molecule has 2 aliphatic rings. The summed E-state index contributed by atoms with van der Waals surface area (Å²) in [5, 5.41) is 23.9. The van der Waals surface area contributed by atoms with E-state index in [-0.39, 0.29) is 35.3 Å². The van der Waals surface area contributed by atoms with Crippen molar-refractivity contribution in [2.24, 2.45) is 0 Å². The Morgan fingerprint density at radius 2 is 1.68 bits per heavy atom. The van der Waals surface area contributed by atoms with E-state index in [1.54, 1.807) is 4.90 Å². The summed E-state index contributed by atoms with van der Waals surface area (Å²) in [4.78, 5) is 17.6. The van der Waals surface area contributed by atoms with Gasteiger partial charge in [-0.25, -0.2) is 0 Å². The van der Waals surface area contributed by atoms with E-state index in [1.165, 1.54) is 17.7 Å². The van der Waals surface area contributed by atoms with Crippen LogP contribution in [-0.4, -0.2) is 52.1 Å². The average Bonchev–Trinajstić information content (AvgIpc) is 3.27. The number of carbonyl (C=O) groups is 1. The number of phenols is 2. The van der Waals surface area contributed by atoms with Crippen molar-refractivity contribution in [2.45, 2.75) is 26.2 Å². The van der Waals surface area contributed by atoms with Gasteiger partial charge in [0.1, 0.15) is 29.4 Å². The summed E-state index contributed by atoms with van der Waals surface area (Å²) in [5.74, 6) is -0.593. The van der Waals surface area contributed by atoms with Crippen LogP contribution in [0.25, 0.3) is 0 Å². The van der Waals surface area contributed by atoms with Crippen molar-refractivity contribution in [3.63, 3.8) is 0 Å². The third kappa shape index (κ3) is 4.85. The van der Waals surface area contributed by atoms with Gasteiger partial charge in [0.25, 0.3) is 5.91 Å².